The summed E-state index contributed by atoms with van der Waals surface area (Å²) >= 11 is 6.70. The van der Waals surface area contributed by atoms with Crippen LogP contribution in [0.1, 0.15) is 31.0 Å². The molecule has 3 heterocycles. The van der Waals surface area contributed by atoms with Crippen LogP contribution in [0.15, 0.2) is 64.4 Å². The van der Waals surface area contributed by atoms with E-state index in [0.717, 1.165) is 5.56 Å². The fourth-order valence-corrected chi connectivity index (χ4v) is 4.76. The minimum absolute atomic E-state index is 0.200. The molecule has 4 rings (SSSR count). The average Bonchev–Trinajstić information content (AvgIpc) is 3.04. The van der Waals surface area contributed by atoms with Gasteiger partial charge < -0.3 is 5.32 Å². The van der Waals surface area contributed by atoms with E-state index in [2.05, 4.69) is 10.3 Å². The molecule has 1 fully saturated rings. The molecule has 6 nitrogen and oxygen atoms in total. The highest BCUT2D eigenvalue weighted by molar-refractivity contribution is 8.26. The summed E-state index contributed by atoms with van der Waals surface area (Å²) in [5.74, 6) is 0.247. The first-order valence-corrected chi connectivity index (χ1v) is 10.8. The van der Waals surface area contributed by atoms with E-state index in [0.29, 0.717) is 32.8 Å². The summed E-state index contributed by atoms with van der Waals surface area (Å²) < 4.78 is 1.95. The van der Waals surface area contributed by atoms with Crippen molar-refractivity contribution in [3.63, 3.8) is 0 Å². The standard InChI is InChI=1S/C22H20N4O2S2/c1-3-23-19-16(20(27)25-12-8-7-11-18(25)24-19)13-17-21(28)26(22(29)30-17)14(2)15-9-5-4-6-10-15/h4-14,23H,3H2,1-2H3. The second-order valence-electron chi connectivity index (χ2n) is 6.78. The molecule has 1 unspecified atom stereocenters. The predicted octanol–water partition coefficient (Wildman–Crippen LogP) is 4.09. The number of nitrogens with one attached hydrogen (secondary N) is 1. The van der Waals surface area contributed by atoms with E-state index in [-0.39, 0.29) is 17.5 Å². The van der Waals surface area contributed by atoms with Crippen molar-refractivity contribution < 1.29 is 4.79 Å². The first kappa shape index (κ1) is 20.3. The van der Waals surface area contributed by atoms with E-state index >= 15 is 0 Å². The van der Waals surface area contributed by atoms with Gasteiger partial charge in [-0.1, -0.05) is 60.4 Å². The van der Waals surface area contributed by atoms with Crippen LogP contribution in [0, 0.1) is 0 Å². The normalized spacial score (nSPS) is 16.5. The molecule has 1 aliphatic rings. The number of thioether (sulfide) groups is 1. The van der Waals surface area contributed by atoms with Crippen LogP contribution in [0.25, 0.3) is 11.7 Å². The Hall–Kier alpha value is -2.97. The summed E-state index contributed by atoms with van der Waals surface area (Å²) in [6.07, 6.45) is 3.27. The highest BCUT2D eigenvalue weighted by atomic mass is 32.2. The van der Waals surface area contributed by atoms with Gasteiger partial charge in [-0.3, -0.25) is 18.9 Å². The number of carbonyl (C=O) groups is 1. The van der Waals surface area contributed by atoms with E-state index < -0.39 is 0 Å². The first-order valence-electron chi connectivity index (χ1n) is 9.58. The van der Waals surface area contributed by atoms with Crippen LogP contribution in [0.4, 0.5) is 5.82 Å². The number of pyridine rings is 1. The number of hydrogen-bond donors (Lipinski definition) is 1. The molecule has 1 saturated heterocycles. The van der Waals surface area contributed by atoms with E-state index in [4.69, 9.17) is 12.2 Å². The maximum atomic E-state index is 13.2. The van der Waals surface area contributed by atoms with Crippen molar-refractivity contribution in [1.82, 2.24) is 14.3 Å². The number of carbonyl (C=O) groups excluding carboxylic acids is 1. The van der Waals surface area contributed by atoms with Gasteiger partial charge in [0.25, 0.3) is 11.5 Å². The van der Waals surface area contributed by atoms with Crippen LogP contribution in [-0.2, 0) is 4.79 Å². The van der Waals surface area contributed by atoms with E-state index in [9.17, 15) is 9.59 Å². The van der Waals surface area contributed by atoms with Crippen molar-refractivity contribution in [3.05, 3.63) is 81.1 Å². The molecule has 1 N–H and O–H groups in total. The first-order chi connectivity index (χ1) is 14.5. The molecule has 1 amide bonds. The van der Waals surface area contributed by atoms with Crippen molar-refractivity contribution in [2.75, 3.05) is 11.9 Å². The highest BCUT2D eigenvalue weighted by Gasteiger charge is 2.36. The Morgan fingerprint density at radius 1 is 1.17 bits per heavy atom. The van der Waals surface area contributed by atoms with Gasteiger partial charge in [-0.15, -0.1) is 0 Å². The van der Waals surface area contributed by atoms with Crippen LogP contribution in [0.3, 0.4) is 0 Å². The summed E-state index contributed by atoms with van der Waals surface area (Å²) in [7, 11) is 0. The second-order valence-corrected chi connectivity index (χ2v) is 8.45. The van der Waals surface area contributed by atoms with Crippen molar-refractivity contribution in [3.8, 4) is 0 Å². The molecule has 152 valence electrons. The number of hydrogen-bond acceptors (Lipinski definition) is 6. The summed E-state index contributed by atoms with van der Waals surface area (Å²) in [4.78, 5) is 32.9. The molecule has 0 saturated carbocycles. The minimum atomic E-state index is -0.238. The van der Waals surface area contributed by atoms with Gasteiger partial charge in [-0.2, -0.15) is 0 Å². The Kier molecular flexibility index (Phi) is 5.69. The third-order valence-corrected chi connectivity index (χ3v) is 6.21. The molecule has 1 aliphatic heterocycles. The van der Waals surface area contributed by atoms with Crippen LogP contribution < -0.4 is 10.9 Å². The van der Waals surface area contributed by atoms with E-state index in [1.807, 2.05) is 50.2 Å². The fraction of sp³-hybridized carbons (Fsp3) is 0.182. The quantitative estimate of drug-likeness (QED) is 0.480. The van der Waals surface area contributed by atoms with Gasteiger partial charge in [0, 0.05) is 12.7 Å². The van der Waals surface area contributed by atoms with Crippen molar-refractivity contribution in [1.29, 1.82) is 0 Å². The third kappa shape index (κ3) is 3.64. The van der Waals surface area contributed by atoms with Gasteiger partial charge >= 0.3 is 0 Å². The van der Waals surface area contributed by atoms with Crippen LogP contribution in [-0.4, -0.2) is 31.1 Å². The number of anilines is 1. The second kappa shape index (κ2) is 8.41. The molecule has 1 aromatic carbocycles. The topological polar surface area (TPSA) is 66.7 Å². The van der Waals surface area contributed by atoms with E-state index in [1.165, 1.54) is 16.2 Å². The number of fused-ring (bicyclic) bond motifs is 1. The molecular weight excluding hydrogens is 416 g/mol. The van der Waals surface area contributed by atoms with Gasteiger partial charge in [-0.05, 0) is 37.6 Å². The molecule has 0 aliphatic carbocycles. The van der Waals surface area contributed by atoms with Gasteiger partial charge in [0.1, 0.15) is 15.8 Å². The largest absolute Gasteiger partial charge is 0.370 e. The Morgan fingerprint density at radius 2 is 1.90 bits per heavy atom. The number of nitrogens with zero attached hydrogens (tertiary/aromatic N) is 3. The number of aromatic nitrogens is 2. The van der Waals surface area contributed by atoms with Crippen molar-refractivity contribution in [2.45, 2.75) is 19.9 Å². The molecule has 0 spiro atoms. The van der Waals surface area contributed by atoms with Crippen LogP contribution in [0.2, 0.25) is 0 Å². The molecule has 0 bridgehead atoms. The fourth-order valence-electron chi connectivity index (χ4n) is 3.36. The van der Waals surface area contributed by atoms with Crippen LogP contribution >= 0.6 is 24.0 Å². The Morgan fingerprint density at radius 3 is 2.63 bits per heavy atom. The Balaban J connectivity index is 1.77. The highest BCUT2D eigenvalue weighted by Crippen LogP contribution is 2.38. The van der Waals surface area contributed by atoms with Gasteiger partial charge in [0.15, 0.2) is 0 Å². The lowest BCUT2D eigenvalue weighted by molar-refractivity contribution is -0.123. The summed E-state index contributed by atoms with van der Waals surface area (Å²) in [5.41, 5.74) is 1.64. The van der Waals surface area contributed by atoms with Crippen LogP contribution in [0.5, 0.6) is 0 Å². The summed E-state index contributed by atoms with van der Waals surface area (Å²) in [6.45, 7) is 4.47. The zero-order chi connectivity index (χ0) is 21.3. The lowest BCUT2D eigenvalue weighted by Gasteiger charge is -2.23. The number of amides is 1. The third-order valence-electron chi connectivity index (χ3n) is 4.88. The lowest BCUT2D eigenvalue weighted by atomic mass is 10.1. The molecule has 0 radical (unpaired) electrons. The number of rotatable bonds is 5. The maximum absolute atomic E-state index is 13.2. The molecule has 3 aromatic rings. The zero-order valence-electron chi connectivity index (χ0n) is 16.5. The van der Waals surface area contributed by atoms with E-state index in [1.54, 1.807) is 29.3 Å². The minimum Gasteiger partial charge on any atom is -0.370 e. The monoisotopic (exact) mass is 436 g/mol. The lowest BCUT2D eigenvalue weighted by Crippen LogP contribution is -2.31. The summed E-state index contributed by atoms with van der Waals surface area (Å²) in [6, 6.07) is 14.9. The van der Waals surface area contributed by atoms with Gasteiger partial charge in [0.2, 0.25) is 0 Å². The molecule has 1 atom stereocenters. The number of thiocarbonyl (C=S) groups is 1. The van der Waals surface area contributed by atoms with Crippen molar-refractivity contribution in [2.24, 2.45) is 0 Å². The zero-order valence-corrected chi connectivity index (χ0v) is 18.2. The number of benzene rings is 1. The molecule has 8 heteroatoms. The van der Waals surface area contributed by atoms with Crippen molar-refractivity contribution >= 4 is 51.7 Å². The molecular formula is C22H20N4O2S2. The van der Waals surface area contributed by atoms with Gasteiger partial charge in [0.05, 0.1) is 16.5 Å². The molecule has 30 heavy (non-hydrogen) atoms. The Bertz CT molecular complexity index is 1220. The Labute approximate surface area is 183 Å². The SMILES string of the molecule is CCNc1nc2ccccn2c(=O)c1C=C1SC(=S)N(C(C)c2ccccc2)C1=O. The summed E-state index contributed by atoms with van der Waals surface area (Å²) in [5, 5.41) is 3.13. The molecule has 2 aromatic heterocycles. The maximum Gasteiger partial charge on any atom is 0.267 e. The smallest absolute Gasteiger partial charge is 0.267 e. The average molecular weight is 437 g/mol. The predicted molar refractivity (Wildman–Crippen MR) is 125 cm³/mol. The van der Waals surface area contributed by atoms with Gasteiger partial charge in [-0.25, -0.2) is 4.98 Å².